The fraction of sp³-hybridized carbons (Fsp3) is 0.0385. The molecule has 0 bridgehead atoms. The van der Waals surface area contributed by atoms with Crippen LogP contribution < -0.4 is 16.4 Å². The molecule has 8 nitrogen and oxygen atoms in total. The van der Waals surface area contributed by atoms with Crippen molar-refractivity contribution in [2.75, 3.05) is 0 Å². The van der Waals surface area contributed by atoms with Crippen LogP contribution in [-0.4, -0.2) is 21.9 Å². The Kier molecular flexibility index (Phi) is 6.07. The molecule has 0 saturated carbocycles. The Balaban J connectivity index is 1.41. The van der Waals surface area contributed by atoms with E-state index >= 15 is 0 Å². The number of aromatic nitrogens is 2. The molecule has 1 amide bonds. The van der Waals surface area contributed by atoms with E-state index in [0.29, 0.717) is 27.4 Å². The molecule has 0 unspecified atom stereocenters. The zero-order valence-electron chi connectivity index (χ0n) is 18.1. The van der Waals surface area contributed by atoms with Crippen molar-refractivity contribution in [1.82, 2.24) is 15.2 Å². The van der Waals surface area contributed by atoms with Crippen LogP contribution in [0.1, 0.15) is 5.56 Å². The summed E-state index contributed by atoms with van der Waals surface area (Å²) in [7, 11) is 0. The maximum absolute atomic E-state index is 13.0. The van der Waals surface area contributed by atoms with Crippen LogP contribution >= 0.6 is 15.9 Å². The number of rotatable bonds is 5. The lowest BCUT2D eigenvalue weighted by Gasteiger charge is -2.10. The number of carbonyl (C=O) groups is 1. The first-order valence-corrected chi connectivity index (χ1v) is 11.4. The summed E-state index contributed by atoms with van der Waals surface area (Å²) in [4.78, 5) is 38.2. The summed E-state index contributed by atoms with van der Waals surface area (Å²) in [5.41, 5.74) is 3.70. The molecule has 5 aromatic rings. The summed E-state index contributed by atoms with van der Waals surface area (Å²) in [5, 5.41) is 9.86. The summed E-state index contributed by atoms with van der Waals surface area (Å²) in [6.07, 6.45) is 2.48. The third-order valence-corrected chi connectivity index (χ3v) is 5.86. The van der Waals surface area contributed by atoms with Gasteiger partial charge in [-0.05, 0) is 24.3 Å². The highest BCUT2D eigenvalue weighted by Crippen LogP contribution is 2.24. The van der Waals surface area contributed by atoms with Gasteiger partial charge in [0.25, 0.3) is 11.5 Å². The fourth-order valence-corrected chi connectivity index (χ4v) is 4.07. The molecule has 0 aliphatic carbocycles. The number of hydrazone groups is 1. The van der Waals surface area contributed by atoms with Crippen molar-refractivity contribution in [2.24, 2.45) is 5.10 Å². The highest BCUT2D eigenvalue weighted by molar-refractivity contribution is 9.10. The Hall–Kier alpha value is -4.37. The minimum absolute atomic E-state index is 0.170. The minimum atomic E-state index is -0.571. The van der Waals surface area contributed by atoms with Gasteiger partial charge in [-0.25, -0.2) is 10.1 Å². The Morgan fingerprint density at radius 3 is 2.54 bits per heavy atom. The smallest absolute Gasteiger partial charge is 0.275 e. The van der Waals surface area contributed by atoms with Crippen LogP contribution in [0.5, 0.6) is 0 Å². The van der Waals surface area contributed by atoms with Crippen LogP contribution in [0.2, 0.25) is 0 Å². The van der Waals surface area contributed by atoms with Crippen LogP contribution in [-0.2, 0) is 11.3 Å². The van der Waals surface area contributed by atoms with Crippen molar-refractivity contribution in [3.05, 3.63) is 110 Å². The summed E-state index contributed by atoms with van der Waals surface area (Å²) in [6, 6.07) is 21.7. The zero-order valence-corrected chi connectivity index (χ0v) is 19.7. The number of nitrogens with zero attached hydrogens (tertiary/aromatic N) is 3. The highest BCUT2D eigenvalue weighted by atomic mass is 79.9. The Morgan fingerprint density at radius 1 is 1.00 bits per heavy atom. The van der Waals surface area contributed by atoms with Gasteiger partial charge >= 0.3 is 0 Å². The lowest BCUT2D eigenvalue weighted by Crippen LogP contribution is -2.32. The fourth-order valence-electron chi connectivity index (χ4n) is 3.70. The number of hydrogen-bond acceptors (Lipinski definition) is 6. The first-order chi connectivity index (χ1) is 17.0. The first-order valence-electron chi connectivity index (χ1n) is 10.6. The maximum atomic E-state index is 13.0. The standard InChI is InChI=1S/C26H17BrN4O4/c27-18-10-11-22-21(12-18)25(33)17(15-35-22)13-28-29-23(32)14-31-26(34)20-9-5-4-8-19(20)24(30-31)16-6-2-1-3-7-16/h1-13,15H,14H2,(H,29,32)/b28-13+. The molecule has 0 aliphatic rings. The summed E-state index contributed by atoms with van der Waals surface area (Å²) < 4.78 is 7.31. The largest absolute Gasteiger partial charge is 0.463 e. The second-order valence-electron chi connectivity index (χ2n) is 7.68. The molecule has 0 saturated heterocycles. The van der Waals surface area contributed by atoms with Crippen molar-refractivity contribution in [3.63, 3.8) is 0 Å². The predicted octanol–water partition coefficient (Wildman–Crippen LogP) is 4.08. The van der Waals surface area contributed by atoms with Crippen molar-refractivity contribution in [2.45, 2.75) is 6.54 Å². The Labute approximate surface area is 206 Å². The van der Waals surface area contributed by atoms with Gasteiger partial charge in [0.2, 0.25) is 5.43 Å². The monoisotopic (exact) mass is 528 g/mol. The van der Waals surface area contributed by atoms with E-state index in [-0.39, 0.29) is 23.1 Å². The lowest BCUT2D eigenvalue weighted by molar-refractivity contribution is -0.121. The van der Waals surface area contributed by atoms with Crippen LogP contribution in [0.3, 0.4) is 0 Å². The number of amides is 1. The van der Waals surface area contributed by atoms with Crippen LogP contribution in [0.25, 0.3) is 33.0 Å². The van der Waals surface area contributed by atoms with Crippen molar-refractivity contribution in [3.8, 4) is 11.3 Å². The molecule has 0 radical (unpaired) electrons. The third kappa shape index (κ3) is 4.53. The van der Waals surface area contributed by atoms with Crippen molar-refractivity contribution in [1.29, 1.82) is 0 Å². The average Bonchev–Trinajstić information content (AvgIpc) is 2.88. The molecule has 172 valence electrons. The summed E-state index contributed by atoms with van der Waals surface area (Å²) in [5.74, 6) is -0.571. The summed E-state index contributed by atoms with van der Waals surface area (Å²) in [6.45, 7) is -0.347. The number of nitrogens with one attached hydrogen (secondary N) is 1. The third-order valence-electron chi connectivity index (χ3n) is 5.36. The first kappa shape index (κ1) is 22.4. The molecule has 35 heavy (non-hydrogen) atoms. The molecule has 0 atom stereocenters. The van der Waals surface area contributed by atoms with E-state index in [4.69, 9.17) is 4.42 Å². The van der Waals surface area contributed by atoms with E-state index < -0.39 is 5.91 Å². The van der Waals surface area contributed by atoms with E-state index in [1.807, 2.05) is 42.5 Å². The number of halogens is 1. The molecule has 2 aromatic heterocycles. The van der Waals surface area contributed by atoms with Crippen LogP contribution in [0.15, 0.2) is 103 Å². The molecule has 0 aliphatic heterocycles. The molecule has 1 N–H and O–H groups in total. The van der Waals surface area contributed by atoms with E-state index in [0.717, 1.165) is 14.7 Å². The van der Waals surface area contributed by atoms with E-state index in [9.17, 15) is 14.4 Å². The topological polar surface area (TPSA) is 107 Å². The van der Waals surface area contributed by atoms with Crippen LogP contribution in [0.4, 0.5) is 0 Å². The minimum Gasteiger partial charge on any atom is -0.463 e. The normalized spacial score (nSPS) is 11.3. The number of hydrogen-bond donors (Lipinski definition) is 1. The average molecular weight is 529 g/mol. The molecule has 0 spiro atoms. The molecule has 2 heterocycles. The molecule has 9 heteroatoms. The van der Waals surface area contributed by atoms with Gasteiger partial charge < -0.3 is 4.42 Å². The predicted molar refractivity (Wildman–Crippen MR) is 137 cm³/mol. The van der Waals surface area contributed by atoms with E-state index in [1.165, 1.54) is 12.5 Å². The van der Waals surface area contributed by atoms with Crippen molar-refractivity contribution < 1.29 is 9.21 Å². The highest BCUT2D eigenvalue weighted by Gasteiger charge is 2.14. The molecular formula is C26H17BrN4O4. The van der Waals surface area contributed by atoms with Gasteiger partial charge in [0.15, 0.2) is 0 Å². The van der Waals surface area contributed by atoms with Gasteiger partial charge in [0.05, 0.1) is 28.2 Å². The lowest BCUT2D eigenvalue weighted by atomic mass is 10.1. The maximum Gasteiger partial charge on any atom is 0.275 e. The van der Waals surface area contributed by atoms with Crippen LogP contribution in [0, 0.1) is 0 Å². The Bertz CT molecular complexity index is 1730. The number of fused-ring (bicyclic) bond motifs is 2. The van der Waals surface area contributed by atoms with Gasteiger partial charge in [-0.3, -0.25) is 14.4 Å². The second kappa shape index (κ2) is 9.47. The Morgan fingerprint density at radius 2 is 1.74 bits per heavy atom. The van der Waals surface area contributed by atoms with Gasteiger partial charge in [-0.2, -0.15) is 10.2 Å². The molecule has 3 aromatic carbocycles. The molecule has 0 fully saturated rings. The number of carbonyl (C=O) groups excluding carboxylic acids is 1. The summed E-state index contributed by atoms with van der Waals surface area (Å²) >= 11 is 3.33. The van der Waals surface area contributed by atoms with E-state index in [2.05, 4.69) is 31.6 Å². The zero-order chi connectivity index (χ0) is 24.4. The molecular weight excluding hydrogens is 512 g/mol. The van der Waals surface area contributed by atoms with Gasteiger partial charge in [-0.1, -0.05) is 64.5 Å². The van der Waals surface area contributed by atoms with E-state index in [1.54, 1.807) is 30.3 Å². The SMILES string of the molecule is O=C(Cn1nc(-c2ccccc2)c2ccccc2c1=O)N/N=C/c1coc2ccc(Br)cc2c1=O. The number of benzene rings is 3. The van der Waals surface area contributed by atoms with Gasteiger partial charge in [0.1, 0.15) is 18.4 Å². The van der Waals surface area contributed by atoms with Gasteiger partial charge in [0, 0.05) is 15.4 Å². The van der Waals surface area contributed by atoms with Crippen molar-refractivity contribution >= 4 is 49.8 Å². The molecule has 5 rings (SSSR count). The van der Waals surface area contributed by atoms with Gasteiger partial charge in [-0.15, -0.1) is 0 Å². The quantitative estimate of drug-likeness (QED) is 0.273. The second-order valence-corrected chi connectivity index (χ2v) is 8.59.